The van der Waals surface area contributed by atoms with Gasteiger partial charge in [-0.2, -0.15) is 0 Å². The van der Waals surface area contributed by atoms with E-state index in [0.717, 1.165) is 18.4 Å². The molecule has 1 aromatic carbocycles. The highest BCUT2D eigenvalue weighted by Crippen LogP contribution is 2.20. The van der Waals surface area contributed by atoms with E-state index in [9.17, 15) is 5.11 Å². The molecule has 1 rings (SSSR count). The molecule has 0 saturated heterocycles. The molecule has 0 spiro atoms. The molecule has 3 heteroatoms. The highest BCUT2D eigenvalue weighted by Gasteiger charge is 2.06. The largest absolute Gasteiger partial charge is 0.396 e. The minimum absolute atomic E-state index is 0.188. The second-order valence-corrected chi connectivity index (χ2v) is 3.72. The Labute approximate surface area is 89.1 Å². The molecule has 0 aliphatic heterocycles. The third kappa shape index (κ3) is 3.66. The molecule has 14 heavy (non-hydrogen) atoms. The van der Waals surface area contributed by atoms with Gasteiger partial charge in [0, 0.05) is 11.6 Å². The maximum atomic E-state index is 9.71. The minimum atomic E-state index is -0.446. The van der Waals surface area contributed by atoms with E-state index in [1.54, 1.807) is 12.1 Å². The first kappa shape index (κ1) is 11.5. The van der Waals surface area contributed by atoms with Crippen LogP contribution in [0.2, 0.25) is 5.02 Å². The van der Waals surface area contributed by atoms with Crippen LogP contribution < -0.4 is 0 Å². The molecule has 1 atom stereocenters. The predicted molar refractivity (Wildman–Crippen MR) is 57.3 cm³/mol. The minimum Gasteiger partial charge on any atom is -0.396 e. The first-order chi connectivity index (χ1) is 6.74. The predicted octanol–water partition coefficient (Wildman–Crippen LogP) is 2.54. The van der Waals surface area contributed by atoms with E-state index in [4.69, 9.17) is 16.7 Å². The summed E-state index contributed by atoms with van der Waals surface area (Å²) in [5.41, 5.74) is 0.882. The van der Waals surface area contributed by atoms with Crippen molar-refractivity contribution in [1.29, 1.82) is 0 Å². The monoisotopic (exact) mass is 214 g/mol. The van der Waals surface area contributed by atoms with Crippen LogP contribution in [0.5, 0.6) is 0 Å². The molecule has 78 valence electrons. The lowest BCUT2D eigenvalue weighted by Crippen LogP contribution is -1.97. The SMILES string of the molecule is OCCCCC(O)c1ccc(Cl)cc1. The van der Waals surface area contributed by atoms with Crippen LogP contribution in [-0.2, 0) is 0 Å². The molecule has 0 bridgehead atoms. The summed E-state index contributed by atoms with van der Waals surface area (Å²) in [5.74, 6) is 0. The van der Waals surface area contributed by atoms with Crippen molar-refractivity contribution in [2.75, 3.05) is 6.61 Å². The Bertz CT molecular complexity index is 258. The van der Waals surface area contributed by atoms with E-state index in [1.807, 2.05) is 12.1 Å². The normalized spacial score (nSPS) is 12.8. The number of aliphatic hydroxyl groups excluding tert-OH is 2. The van der Waals surface area contributed by atoms with E-state index < -0.39 is 6.10 Å². The number of unbranched alkanes of at least 4 members (excludes halogenated alkanes) is 1. The Morgan fingerprint density at radius 2 is 1.79 bits per heavy atom. The van der Waals surface area contributed by atoms with Crippen LogP contribution in [0.3, 0.4) is 0 Å². The molecule has 2 nitrogen and oxygen atoms in total. The quantitative estimate of drug-likeness (QED) is 0.740. The summed E-state index contributed by atoms with van der Waals surface area (Å²) < 4.78 is 0. The molecular formula is C11H15ClO2. The Morgan fingerprint density at radius 1 is 1.14 bits per heavy atom. The smallest absolute Gasteiger partial charge is 0.0790 e. The van der Waals surface area contributed by atoms with Gasteiger partial charge in [-0.1, -0.05) is 23.7 Å². The van der Waals surface area contributed by atoms with Crippen molar-refractivity contribution in [1.82, 2.24) is 0 Å². The van der Waals surface area contributed by atoms with E-state index in [2.05, 4.69) is 0 Å². The van der Waals surface area contributed by atoms with Crippen LogP contribution in [0.4, 0.5) is 0 Å². The zero-order valence-corrected chi connectivity index (χ0v) is 8.74. The zero-order chi connectivity index (χ0) is 10.4. The van der Waals surface area contributed by atoms with E-state index in [-0.39, 0.29) is 6.61 Å². The molecular weight excluding hydrogens is 200 g/mol. The third-order valence-corrected chi connectivity index (χ3v) is 2.39. The molecule has 1 aromatic rings. The Balaban J connectivity index is 2.43. The molecule has 2 N–H and O–H groups in total. The fourth-order valence-corrected chi connectivity index (χ4v) is 1.43. The molecule has 0 fully saturated rings. The van der Waals surface area contributed by atoms with Gasteiger partial charge in [0.1, 0.15) is 0 Å². The van der Waals surface area contributed by atoms with Crippen LogP contribution in [0.15, 0.2) is 24.3 Å². The molecule has 0 heterocycles. The topological polar surface area (TPSA) is 40.5 Å². The van der Waals surface area contributed by atoms with Gasteiger partial charge in [0.25, 0.3) is 0 Å². The molecule has 0 amide bonds. The van der Waals surface area contributed by atoms with Gasteiger partial charge in [0.15, 0.2) is 0 Å². The number of aliphatic hydroxyl groups is 2. The summed E-state index contributed by atoms with van der Waals surface area (Å²) >= 11 is 5.73. The second-order valence-electron chi connectivity index (χ2n) is 3.29. The number of halogens is 1. The van der Waals surface area contributed by atoms with Crippen molar-refractivity contribution in [2.24, 2.45) is 0 Å². The van der Waals surface area contributed by atoms with Crippen LogP contribution in [-0.4, -0.2) is 16.8 Å². The van der Waals surface area contributed by atoms with Crippen LogP contribution in [0.25, 0.3) is 0 Å². The van der Waals surface area contributed by atoms with Crippen LogP contribution in [0.1, 0.15) is 30.9 Å². The Hall–Kier alpha value is -0.570. The van der Waals surface area contributed by atoms with Gasteiger partial charge >= 0.3 is 0 Å². The zero-order valence-electron chi connectivity index (χ0n) is 7.99. The van der Waals surface area contributed by atoms with E-state index in [1.165, 1.54) is 0 Å². The highest BCUT2D eigenvalue weighted by atomic mass is 35.5. The van der Waals surface area contributed by atoms with Gasteiger partial charge in [0.05, 0.1) is 6.10 Å². The summed E-state index contributed by atoms with van der Waals surface area (Å²) in [7, 11) is 0. The lowest BCUT2D eigenvalue weighted by atomic mass is 10.0. The van der Waals surface area contributed by atoms with Crippen LogP contribution >= 0.6 is 11.6 Å². The highest BCUT2D eigenvalue weighted by molar-refractivity contribution is 6.30. The lowest BCUT2D eigenvalue weighted by Gasteiger charge is -2.10. The van der Waals surface area contributed by atoms with Gasteiger partial charge in [-0.15, -0.1) is 0 Å². The maximum absolute atomic E-state index is 9.71. The van der Waals surface area contributed by atoms with Crippen molar-refractivity contribution in [3.05, 3.63) is 34.9 Å². The molecule has 1 unspecified atom stereocenters. The van der Waals surface area contributed by atoms with E-state index in [0.29, 0.717) is 11.4 Å². The number of benzene rings is 1. The summed E-state index contributed by atoms with van der Waals surface area (Å²) in [6.07, 6.45) is 1.81. The molecule has 0 aliphatic carbocycles. The summed E-state index contributed by atoms with van der Waals surface area (Å²) in [5, 5.41) is 19.0. The van der Waals surface area contributed by atoms with Gasteiger partial charge in [-0.3, -0.25) is 0 Å². The van der Waals surface area contributed by atoms with Gasteiger partial charge in [0.2, 0.25) is 0 Å². The first-order valence-corrected chi connectivity index (χ1v) is 5.16. The van der Waals surface area contributed by atoms with Crippen LogP contribution in [0, 0.1) is 0 Å². The summed E-state index contributed by atoms with van der Waals surface area (Å²) in [6.45, 7) is 0.188. The van der Waals surface area contributed by atoms with Crippen molar-refractivity contribution in [3.63, 3.8) is 0 Å². The standard InChI is InChI=1S/C11H15ClO2/c12-10-6-4-9(5-7-10)11(14)3-1-2-8-13/h4-7,11,13-14H,1-3,8H2. The second kappa shape index (κ2) is 6.02. The van der Waals surface area contributed by atoms with Crippen molar-refractivity contribution in [2.45, 2.75) is 25.4 Å². The lowest BCUT2D eigenvalue weighted by molar-refractivity contribution is 0.159. The third-order valence-electron chi connectivity index (χ3n) is 2.14. The summed E-state index contributed by atoms with van der Waals surface area (Å²) in [4.78, 5) is 0. The van der Waals surface area contributed by atoms with Gasteiger partial charge in [-0.25, -0.2) is 0 Å². The maximum Gasteiger partial charge on any atom is 0.0790 e. The Morgan fingerprint density at radius 3 is 2.36 bits per heavy atom. The van der Waals surface area contributed by atoms with Crippen molar-refractivity contribution >= 4 is 11.6 Å². The molecule has 0 saturated carbocycles. The van der Waals surface area contributed by atoms with E-state index >= 15 is 0 Å². The fraction of sp³-hybridized carbons (Fsp3) is 0.455. The van der Waals surface area contributed by atoms with Crippen molar-refractivity contribution in [3.8, 4) is 0 Å². The van der Waals surface area contributed by atoms with Gasteiger partial charge < -0.3 is 10.2 Å². The average Bonchev–Trinajstić information content (AvgIpc) is 2.19. The fourth-order valence-electron chi connectivity index (χ4n) is 1.30. The molecule has 0 aliphatic rings. The number of hydrogen-bond acceptors (Lipinski definition) is 2. The molecule has 0 radical (unpaired) electrons. The average molecular weight is 215 g/mol. The summed E-state index contributed by atoms with van der Waals surface area (Å²) in [6, 6.07) is 7.19. The first-order valence-electron chi connectivity index (χ1n) is 4.78. The molecule has 0 aromatic heterocycles. The Kier molecular flexibility index (Phi) is 4.94. The number of rotatable bonds is 5. The van der Waals surface area contributed by atoms with Crippen molar-refractivity contribution < 1.29 is 10.2 Å². The number of hydrogen-bond donors (Lipinski definition) is 2. The van der Waals surface area contributed by atoms with Gasteiger partial charge in [-0.05, 0) is 37.0 Å².